The van der Waals surface area contributed by atoms with E-state index in [-0.39, 0.29) is 17.0 Å². The van der Waals surface area contributed by atoms with Crippen LogP contribution in [-0.2, 0) is 0 Å². The SMILES string of the molecule is O=C(c1cnc2scc(-c3ccccc3Cl)n2c1=O)N1CCN(c2ccccc2)CC1. The van der Waals surface area contributed by atoms with E-state index >= 15 is 0 Å². The first kappa shape index (κ1) is 19.8. The molecule has 0 bridgehead atoms. The lowest BCUT2D eigenvalue weighted by Gasteiger charge is -2.36. The van der Waals surface area contributed by atoms with Gasteiger partial charge in [0.1, 0.15) is 5.56 Å². The minimum Gasteiger partial charge on any atom is -0.368 e. The van der Waals surface area contributed by atoms with Crippen LogP contribution >= 0.6 is 22.9 Å². The molecular weight excluding hydrogens is 432 g/mol. The fraction of sp³-hybridized carbons (Fsp3) is 0.174. The van der Waals surface area contributed by atoms with Crippen molar-refractivity contribution in [1.82, 2.24) is 14.3 Å². The lowest BCUT2D eigenvalue weighted by atomic mass is 10.1. The Balaban J connectivity index is 1.44. The average Bonchev–Trinajstić information content (AvgIpc) is 3.25. The molecule has 0 radical (unpaired) electrons. The minimum atomic E-state index is -0.364. The van der Waals surface area contributed by atoms with Crippen LogP contribution in [0.25, 0.3) is 16.2 Å². The molecular formula is C23H19ClN4O2S. The molecule has 3 heterocycles. The van der Waals surface area contributed by atoms with Gasteiger partial charge in [-0.3, -0.25) is 14.0 Å². The molecule has 31 heavy (non-hydrogen) atoms. The number of para-hydroxylation sites is 1. The fourth-order valence-corrected chi connectivity index (χ4v) is 4.96. The standard InChI is InChI=1S/C23H19ClN4O2S/c24-19-9-5-4-8-17(19)20-15-31-23-25-14-18(22(30)28(20)23)21(29)27-12-10-26(11-13-27)16-6-2-1-3-7-16/h1-9,14-15H,10-13H2. The summed E-state index contributed by atoms with van der Waals surface area (Å²) < 4.78 is 1.49. The van der Waals surface area contributed by atoms with Gasteiger partial charge in [-0.25, -0.2) is 4.98 Å². The second-order valence-corrected chi connectivity index (χ2v) is 8.55. The van der Waals surface area contributed by atoms with Gasteiger partial charge in [0.15, 0.2) is 4.96 Å². The Kier molecular flexibility index (Phi) is 5.21. The van der Waals surface area contributed by atoms with E-state index in [4.69, 9.17) is 11.6 Å². The summed E-state index contributed by atoms with van der Waals surface area (Å²) in [6, 6.07) is 17.5. The fourth-order valence-electron chi connectivity index (χ4n) is 3.87. The second-order valence-electron chi connectivity index (χ2n) is 7.31. The third-order valence-corrected chi connectivity index (χ3v) is 6.68. The topological polar surface area (TPSA) is 57.9 Å². The molecule has 2 aromatic heterocycles. The number of nitrogens with zero attached hydrogens (tertiary/aromatic N) is 4. The zero-order valence-corrected chi connectivity index (χ0v) is 18.1. The predicted molar refractivity (Wildman–Crippen MR) is 124 cm³/mol. The van der Waals surface area contributed by atoms with Gasteiger partial charge >= 0.3 is 0 Å². The van der Waals surface area contributed by atoms with E-state index in [0.29, 0.717) is 28.8 Å². The number of aromatic nitrogens is 2. The average molecular weight is 451 g/mol. The normalized spacial score (nSPS) is 14.2. The Labute approximate surface area is 187 Å². The lowest BCUT2D eigenvalue weighted by Crippen LogP contribution is -2.49. The highest BCUT2D eigenvalue weighted by atomic mass is 35.5. The number of hydrogen-bond acceptors (Lipinski definition) is 5. The van der Waals surface area contributed by atoms with Gasteiger partial charge in [0.25, 0.3) is 11.5 Å². The van der Waals surface area contributed by atoms with Gasteiger partial charge < -0.3 is 9.80 Å². The number of carbonyl (C=O) groups excluding carboxylic acids is 1. The van der Waals surface area contributed by atoms with Gasteiger partial charge in [0.05, 0.1) is 5.69 Å². The monoisotopic (exact) mass is 450 g/mol. The first-order valence-electron chi connectivity index (χ1n) is 9.97. The molecule has 1 saturated heterocycles. The third kappa shape index (κ3) is 3.60. The number of anilines is 1. The van der Waals surface area contributed by atoms with Crippen molar-refractivity contribution in [2.45, 2.75) is 0 Å². The van der Waals surface area contributed by atoms with Crippen LogP contribution in [0.2, 0.25) is 5.02 Å². The third-order valence-electron chi connectivity index (χ3n) is 5.51. The van der Waals surface area contributed by atoms with Crippen LogP contribution in [0.1, 0.15) is 10.4 Å². The molecule has 1 amide bonds. The number of benzene rings is 2. The van der Waals surface area contributed by atoms with Crippen LogP contribution in [0.15, 0.2) is 71.0 Å². The predicted octanol–water partition coefficient (Wildman–Crippen LogP) is 4.04. The van der Waals surface area contributed by atoms with Crippen molar-refractivity contribution in [1.29, 1.82) is 0 Å². The zero-order valence-electron chi connectivity index (χ0n) is 16.6. The summed E-state index contributed by atoms with van der Waals surface area (Å²) in [5.41, 5.74) is 2.24. The maximum absolute atomic E-state index is 13.3. The highest BCUT2D eigenvalue weighted by Crippen LogP contribution is 2.30. The molecule has 0 unspecified atom stereocenters. The van der Waals surface area contributed by atoms with Gasteiger partial charge in [-0.1, -0.05) is 48.0 Å². The van der Waals surface area contributed by atoms with Gasteiger partial charge in [0.2, 0.25) is 0 Å². The van der Waals surface area contributed by atoms with Gasteiger partial charge in [-0.15, -0.1) is 11.3 Å². The van der Waals surface area contributed by atoms with Gasteiger partial charge in [-0.2, -0.15) is 0 Å². The summed E-state index contributed by atoms with van der Waals surface area (Å²) in [5, 5.41) is 2.39. The number of thiazole rings is 1. The van der Waals surface area contributed by atoms with E-state index in [1.54, 1.807) is 11.0 Å². The van der Waals surface area contributed by atoms with Crippen molar-refractivity contribution in [3.8, 4) is 11.3 Å². The van der Waals surface area contributed by atoms with E-state index in [2.05, 4.69) is 22.0 Å². The molecule has 156 valence electrons. The van der Waals surface area contributed by atoms with E-state index in [0.717, 1.165) is 24.3 Å². The smallest absolute Gasteiger partial charge is 0.271 e. The molecule has 0 N–H and O–H groups in total. The number of piperazine rings is 1. The largest absolute Gasteiger partial charge is 0.368 e. The minimum absolute atomic E-state index is 0.0809. The van der Waals surface area contributed by atoms with Crippen molar-refractivity contribution in [2.24, 2.45) is 0 Å². The maximum atomic E-state index is 13.3. The summed E-state index contributed by atoms with van der Waals surface area (Å²) in [4.78, 5) is 35.3. The highest BCUT2D eigenvalue weighted by Gasteiger charge is 2.26. The molecule has 2 aromatic carbocycles. The van der Waals surface area contributed by atoms with Crippen LogP contribution < -0.4 is 10.5 Å². The molecule has 1 fully saturated rings. The molecule has 1 aliphatic rings. The van der Waals surface area contributed by atoms with E-state index < -0.39 is 0 Å². The number of fused-ring (bicyclic) bond motifs is 1. The van der Waals surface area contributed by atoms with Gasteiger partial charge in [-0.05, 0) is 18.2 Å². The van der Waals surface area contributed by atoms with Crippen LogP contribution in [-0.4, -0.2) is 46.4 Å². The summed E-state index contributed by atoms with van der Waals surface area (Å²) in [7, 11) is 0. The summed E-state index contributed by atoms with van der Waals surface area (Å²) in [6.45, 7) is 2.54. The number of carbonyl (C=O) groups is 1. The zero-order chi connectivity index (χ0) is 21.4. The van der Waals surface area contributed by atoms with Crippen LogP contribution in [0.4, 0.5) is 5.69 Å². The van der Waals surface area contributed by atoms with Crippen molar-refractivity contribution in [2.75, 3.05) is 31.1 Å². The molecule has 0 spiro atoms. The molecule has 0 atom stereocenters. The molecule has 0 aliphatic carbocycles. The molecule has 5 rings (SSSR count). The molecule has 4 aromatic rings. The Morgan fingerprint density at radius 3 is 2.42 bits per heavy atom. The number of amides is 1. The Morgan fingerprint density at radius 2 is 1.68 bits per heavy atom. The summed E-state index contributed by atoms with van der Waals surface area (Å²) >= 11 is 7.69. The van der Waals surface area contributed by atoms with E-state index in [1.165, 1.54) is 21.9 Å². The molecule has 1 aliphatic heterocycles. The number of rotatable bonds is 3. The molecule has 0 saturated carbocycles. The number of hydrogen-bond donors (Lipinski definition) is 0. The molecule has 6 nitrogen and oxygen atoms in total. The van der Waals surface area contributed by atoms with Crippen molar-refractivity contribution < 1.29 is 4.79 Å². The van der Waals surface area contributed by atoms with Crippen molar-refractivity contribution in [3.05, 3.63) is 87.1 Å². The van der Waals surface area contributed by atoms with Crippen LogP contribution in [0.3, 0.4) is 0 Å². The van der Waals surface area contributed by atoms with E-state index in [9.17, 15) is 9.59 Å². The van der Waals surface area contributed by atoms with E-state index in [1.807, 2.05) is 41.8 Å². The van der Waals surface area contributed by atoms with Crippen molar-refractivity contribution in [3.63, 3.8) is 0 Å². The van der Waals surface area contributed by atoms with Gasteiger partial charge in [0, 0.05) is 54.0 Å². The second kappa shape index (κ2) is 8.17. The number of halogens is 1. The Morgan fingerprint density at radius 1 is 0.968 bits per heavy atom. The first-order valence-corrected chi connectivity index (χ1v) is 11.2. The lowest BCUT2D eigenvalue weighted by molar-refractivity contribution is 0.0744. The Hall–Kier alpha value is -3.16. The summed E-state index contributed by atoms with van der Waals surface area (Å²) in [5.74, 6) is -0.282. The Bertz CT molecular complexity index is 1310. The quantitative estimate of drug-likeness (QED) is 0.472. The maximum Gasteiger partial charge on any atom is 0.271 e. The highest BCUT2D eigenvalue weighted by molar-refractivity contribution is 7.15. The summed E-state index contributed by atoms with van der Waals surface area (Å²) in [6.07, 6.45) is 1.40. The van der Waals surface area contributed by atoms with Crippen molar-refractivity contribution >= 4 is 39.5 Å². The van der Waals surface area contributed by atoms with Crippen LogP contribution in [0, 0.1) is 0 Å². The molecule has 8 heteroatoms. The van der Waals surface area contributed by atoms with Crippen LogP contribution in [0.5, 0.6) is 0 Å². The first-order chi connectivity index (χ1) is 15.1.